The van der Waals surface area contributed by atoms with Gasteiger partial charge >= 0.3 is 0 Å². The molecular weight excluding hydrogens is 198 g/mol. The van der Waals surface area contributed by atoms with Crippen LogP contribution in [0.15, 0.2) is 0 Å². The summed E-state index contributed by atoms with van der Waals surface area (Å²) in [5.74, 6) is 0. The first-order valence-corrected chi connectivity index (χ1v) is 6.54. The summed E-state index contributed by atoms with van der Waals surface area (Å²) in [5.41, 5.74) is -0.250. The molecule has 0 saturated heterocycles. The first-order valence-electron chi connectivity index (χ1n) is 6.54. The summed E-state index contributed by atoms with van der Waals surface area (Å²) in [5, 5.41) is 12.7. The van der Waals surface area contributed by atoms with Crippen LogP contribution in [-0.4, -0.2) is 36.6 Å². The van der Waals surface area contributed by atoms with Crippen LogP contribution in [-0.2, 0) is 0 Å². The Morgan fingerprint density at radius 3 is 2.81 bits per heavy atom. The maximum absolute atomic E-state index is 9.29. The lowest BCUT2D eigenvalue weighted by atomic mass is 9.99. The molecule has 1 saturated carbocycles. The number of nitrogens with zero attached hydrogens (tertiary/aromatic N) is 2. The molecule has 2 atom stereocenters. The molecule has 0 heterocycles. The Bertz CT molecular complexity index is 246. The highest BCUT2D eigenvalue weighted by molar-refractivity contribution is 5.13. The van der Waals surface area contributed by atoms with Gasteiger partial charge in [-0.3, -0.25) is 5.32 Å². The van der Waals surface area contributed by atoms with Crippen LogP contribution in [0, 0.1) is 11.3 Å². The highest BCUT2D eigenvalue weighted by Crippen LogP contribution is 2.32. The van der Waals surface area contributed by atoms with Crippen molar-refractivity contribution in [3.63, 3.8) is 0 Å². The zero-order valence-electron chi connectivity index (χ0n) is 10.9. The summed E-state index contributed by atoms with van der Waals surface area (Å²) >= 11 is 0. The van der Waals surface area contributed by atoms with Gasteiger partial charge in [0.2, 0.25) is 0 Å². The molecule has 1 aliphatic carbocycles. The van der Waals surface area contributed by atoms with Crippen molar-refractivity contribution in [3.8, 4) is 6.07 Å². The number of hydrogen-bond acceptors (Lipinski definition) is 3. The largest absolute Gasteiger partial charge is 0.303 e. The van der Waals surface area contributed by atoms with E-state index in [-0.39, 0.29) is 5.54 Å². The number of rotatable bonds is 6. The molecular formula is C13H25N3. The van der Waals surface area contributed by atoms with Gasteiger partial charge in [0.1, 0.15) is 5.54 Å². The molecule has 0 bridgehead atoms. The van der Waals surface area contributed by atoms with E-state index < -0.39 is 0 Å². The van der Waals surface area contributed by atoms with Crippen LogP contribution >= 0.6 is 0 Å². The second kappa shape index (κ2) is 6.22. The minimum absolute atomic E-state index is 0.250. The highest BCUT2D eigenvalue weighted by atomic mass is 15.1. The summed E-state index contributed by atoms with van der Waals surface area (Å²) in [4.78, 5) is 2.43. The fourth-order valence-electron chi connectivity index (χ4n) is 2.63. The van der Waals surface area contributed by atoms with Crippen LogP contribution in [0.1, 0.15) is 46.0 Å². The third kappa shape index (κ3) is 3.20. The summed E-state index contributed by atoms with van der Waals surface area (Å²) in [6.45, 7) is 6.35. The van der Waals surface area contributed by atoms with Crippen LogP contribution in [0.3, 0.4) is 0 Å². The van der Waals surface area contributed by atoms with Crippen molar-refractivity contribution in [1.82, 2.24) is 10.2 Å². The Morgan fingerprint density at radius 2 is 2.25 bits per heavy atom. The van der Waals surface area contributed by atoms with Gasteiger partial charge in [0.15, 0.2) is 0 Å². The molecule has 3 nitrogen and oxygen atoms in total. The number of unbranched alkanes of at least 4 members (excludes halogenated alkanes) is 1. The predicted molar refractivity (Wildman–Crippen MR) is 67.2 cm³/mol. The molecule has 0 aromatic carbocycles. The lowest BCUT2D eigenvalue weighted by molar-refractivity contribution is 0.233. The summed E-state index contributed by atoms with van der Waals surface area (Å²) in [6.07, 6.45) is 5.64. The average Bonchev–Trinajstić information content (AvgIpc) is 2.71. The monoisotopic (exact) mass is 223 g/mol. The van der Waals surface area contributed by atoms with Crippen LogP contribution in [0.4, 0.5) is 0 Å². The van der Waals surface area contributed by atoms with Gasteiger partial charge in [-0.1, -0.05) is 20.3 Å². The molecule has 0 aliphatic heterocycles. The van der Waals surface area contributed by atoms with Gasteiger partial charge in [0.25, 0.3) is 0 Å². The predicted octanol–water partition coefficient (Wildman–Crippen LogP) is 2.14. The SMILES string of the molecule is CCCCN(C)C1CCC(C#N)(NCC)C1. The van der Waals surface area contributed by atoms with Gasteiger partial charge in [-0.2, -0.15) is 5.26 Å². The zero-order valence-corrected chi connectivity index (χ0v) is 10.9. The van der Waals surface area contributed by atoms with Gasteiger partial charge in [0, 0.05) is 6.04 Å². The fourth-order valence-corrected chi connectivity index (χ4v) is 2.63. The van der Waals surface area contributed by atoms with E-state index in [4.69, 9.17) is 0 Å². The van der Waals surface area contributed by atoms with E-state index in [1.807, 2.05) is 0 Å². The Balaban J connectivity index is 2.47. The van der Waals surface area contributed by atoms with E-state index in [9.17, 15) is 5.26 Å². The normalized spacial score (nSPS) is 29.6. The standard InChI is InChI=1S/C13H25N3/c1-4-6-9-16(3)12-7-8-13(10-12,11-14)15-5-2/h12,15H,4-10H2,1-3H3. The molecule has 1 N–H and O–H groups in total. The lowest BCUT2D eigenvalue weighted by Crippen LogP contribution is -2.43. The van der Waals surface area contributed by atoms with Crippen molar-refractivity contribution in [1.29, 1.82) is 5.26 Å². The molecule has 0 aromatic rings. The molecule has 0 radical (unpaired) electrons. The molecule has 0 aromatic heterocycles. The molecule has 0 amide bonds. The van der Waals surface area contributed by atoms with Crippen LogP contribution in [0.2, 0.25) is 0 Å². The van der Waals surface area contributed by atoms with Gasteiger partial charge in [0.05, 0.1) is 6.07 Å². The van der Waals surface area contributed by atoms with E-state index in [2.05, 4.69) is 37.2 Å². The Hall–Kier alpha value is -0.590. The topological polar surface area (TPSA) is 39.1 Å². The quantitative estimate of drug-likeness (QED) is 0.750. The van der Waals surface area contributed by atoms with Crippen molar-refractivity contribution in [3.05, 3.63) is 0 Å². The van der Waals surface area contributed by atoms with Gasteiger partial charge in [-0.05, 0) is 45.8 Å². The van der Waals surface area contributed by atoms with Crippen molar-refractivity contribution in [2.24, 2.45) is 0 Å². The number of hydrogen-bond donors (Lipinski definition) is 1. The van der Waals surface area contributed by atoms with E-state index >= 15 is 0 Å². The van der Waals surface area contributed by atoms with Crippen molar-refractivity contribution in [2.45, 2.75) is 57.5 Å². The molecule has 1 rings (SSSR count). The second-order valence-corrected chi connectivity index (χ2v) is 4.96. The smallest absolute Gasteiger partial charge is 0.108 e. The highest BCUT2D eigenvalue weighted by Gasteiger charge is 2.39. The van der Waals surface area contributed by atoms with E-state index in [1.54, 1.807) is 0 Å². The molecule has 1 fully saturated rings. The van der Waals surface area contributed by atoms with E-state index in [0.29, 0.717) is 6.04 Å². The second-order valence-electron chi connectivity index (χ2n) is 4.96. The van der Waals surface area contributed by atoms with Gasteiger partial charge in [-0.25, -0.2) is 0 Å². The molecule has 2 unspecified atom stereocenters. The zero-order chi connectivity index (χ0) is 12.0. The molecule has 3 heteroatoms. The third-order valence-corrected chi connectivity index (χ3v) is 3.71. The van der Waals surface area contributed by atoms with E-state index in [1.165, 1.54) is 12.8 Å². The van der Waals surface area contributed by atoms with Gasteiger partial charge < -0.3 is 4.90 Å². The van der Waals surface area contributed by atoms with Crippen LogP contribution in [0.25, 0.3) is 0 Å². The maximum Gasteiger partial charge on any atom is 0.108 e. The fraction of sp³-hybridized carbons (Fsp3) is 0.923. The minimum atomic E-state index is -0.250. The Morgan fingerprint density at radius 1 is 1.50 bits per heavy atom. The first-order chi connectivity index (χ1) is 7.67. The first kappa shape index (κ1) is 13.5. The molecule has 16 heavy (non-hydrogen) atoms. The molecule has 0 spiro atoms. The minimum Gasteiger partial charge on any atom is -0.303 e. The van der Waals surface area contributed by atoms with Gasteiger partial charge in [-0.15, -0.1) is 0 Å². The van der Waals surface area contributed by atoms with Crippen molar-refractivity contribution >= 4 is 0 Å². The maximum atomic E-state index is 9.29. The summed E-state index contributed by atoms with van der Waals surface area (Å²) < 4.78 is 0. The average molecular weight is 223 g/mol. The van der Waals surface area contributed by atoms with Crippen LogP contribution < -0.4 is 5.32 Å². The summed E-state index contributed by atoms with van der Waals surface area (Å²) in [7, 11) is 2.19. The Kier molecular flexibility index (Phi) is 5.24. The van der Waals surface area contributed by atoms with Crippen molar-refractivity contribution in [2.75, 3.05) is 20.1 Å². The third-order valence-electron chi connectivity index (χ3n) is 3.71. The summed E-state index contributed by atoms with van der Waals surface area (Å²) in [6, 6.07) is 3.07. The van der Waals surface area contributed by atoms with Crippen LogP contribution in [0.5, 0.6) is 0 Å². The molecule has 92 valence electrons. The number of nitriles is 1. The lowest BCUT2D eigenvalue weighted by Gasteiger charge is -2.26. The number of nitrogens with one attached hydrogen (secondary N) is 1. The molecule has 1 aliphatic rings. The van der Waals surface area contributed by atoms with Crippen molar-refractivity contribution < 1.29 is 0 Å². The van der Waals surface area contributed by atoms with E-state index in [0.717, 1.165) is 32.4 Å². The Labute approximate surface area is 99.8 Å².